The molecule has 0 bridgehead atoms. The van der Waals surface area contributed by atoms with Crippen molar-refractivity contribution in [2.45, 2.75) is 19.3 Å². The van der Waals surface area contributed by atoms with Crippen molar-refractivity contribution in [3.63, 3.8) is 0 Å². The third-order valence-electron chi connectivity index (χ3n) is 4.85. The molecular formula is C20H19N5O6S. The van der Waals surface area contributed by atoms with E-state index in [0.717, 1.165) is 50.6 Å². The molecule has 32 heavy (non-hydrogen) atoms. The number of thiocarbonyl (C=S) groups is 1. The summed E-state index contributed by atoms with van der Waals surface area (Å²) in [7, 11) is 0. The van der Waals surface area contributed by atoms with Gasteiger partial charge in [0.15, 0.2) is 5.11 Å². The molecule has 0 spiro atoms. The number of likely N-dealkylation sites (tertiary alicyclic amines) is 1. The quantitative estimate of drug-likeness (QED) is 0.395. The van der Waals surface area contributed by atoms with Gasteiger partial charge < -0.3 is 10.2 Å². The SMILES string of the molecule is O=C(NC(=S)Nc1ccc(C(=O)N2CCCCC2)cc1)c1cc([N+](=O)[O-])cc([N+](=O)[O-])c1. The molecule has 1 fully saturated rings. The molecule has 1 aliphatic rings. The van der Waals surface area contributed by atoms with Crippen LogP contribution < -0.4 is 10.6 Å². The van der Waals surface area contributed by atoms with E-state index in [-0.39, 0.29) is 16.6 Å². The van der Waals surface area contributed by atoms with Crippen LogP contribution in [0.2, 0.25) is 0 Å². The molecule has 3 rings (SSSR count). The van der Waals surface area contributed by atoms with Gasteiger partial charge in [-0.05, 0) is 55.7 Å². The van der Waals surface area contributed by atoms with E-state index < -0.39 is 27.1 Å². The highest BCUT2D eigenvalue weighted by molar-refractivity contribution is 7.80. The summed E-state index contributed by atoms with van der Waals surface area (Å²) in [6.07, 6.45) is 3.11. The third-order valence-corrected chi connectivity index (χ3v) is 5.05. The number of nitrogens with zero attached hydrogens (tertiary/aromatic N) is 3. The van der Waals surface area contributed by atoms with E-state index in [4.69, 9.17) is 12.2 Å². The summed E-state index contributed by atoms with van der Waals surface area (Å²) < 4.78 is 0. The molecule has 11 nitrogen and oxygen atoms in total. The van der Waals surface area contributed by atoms with Crippen molar-refractivity contribution >= 4 is 46.2 Å². The number of nitrogens with one attached hydrogen (secondary N) is 2. The lowest BCUT2D eigenvalue weighted by molar-refractivity contribution is -0.394. The first-order valence-corrected chi connectivity index (χ1v) is 10.1. The van der Waals surface area contributed by atoms with E-state index in [1.54, 1.807) is 24.3 Å². The first kappa shape index (κ1) is 22.7. The number of benzene rings is 2. The van der Waals surface area contributed by atoms with Gasteiger partial charge in [-0.1, -0.05) is 0 Å². The largest absolute Gasteiger partial charge is 0.339 e. The Morgan fingerprint density at radius 1 is 0.875 bits per heavy atom. The molecule has 1 heterocycles. The average Bonchev–Trinajstić information content (AvgIpc) is 2.79. The van der Waals surface area contributed by atoms with Crippen LogP contribution in [0.5, 0.6) is 0 Å². The molecule has 0 saturated carbocycles. The fourth-order valence-corrected chi connectivity index (χ4v) is 3.46. The highest BCUT2D eigenvalue weighted by atomic mass is 32.1. The van der Waals surface area contributed by atoms with Crippen LogP contribution >= 0.6 is 12.2 Å². The van der Waals surface area contributed by atoms with Crippen molar-refractivity contribution in [2.75, 3.05) is 18.4 Å². The fourth-order valence-electron chi connectivity index (χ4n) is 3.25. The lowest BCUT2D eigenvalue weighted by Crippen LogP contribution is -2.35. The van der Waals surface area contributed by atoms with Crippen molar-refractivity contribution in [3.05, 3.63) is 73.8 Å². The molecule has 1 saturated heterocycles. The Bertz CT molecular complexity index is 1050. The van der Waals surface area contributed by atoms with E-state index in [1.807, 2.05) is 4.90 Å². The van der Waals surface area contributed by atoms with Gasteiger partial charge in [0.05, 0.1) is 21.5 Å². The predicted octanol–water partition coefficient (Wildman–Crippen LogP) is 3.26. The van der Waals surface area contributed by atoms with Gasteiger partial charge >= 0.3 is 0 Å². The molecular weight excluding hydrogens is 438 g/mol. The highest BCUT2D eigenvalue weighted by Gasteiger charge is 2.21. The molecule has 2 amide bonds. The fraction of sp³-hybridized carbons (Fsp3) is 0.250. The van der Waals surface area contributed by atoms with Crippen LogP contribution in [0.25, 0.3) is 0 Å². The maximum atomic E-state index is 12.5. The summed E-state index contributed by atoms with van der Waals surface area (Å²) in [6, 6.07) is 9.17. The number of piperidine rings is 1. The Hall–Kier alpha value is -3.93. The van der Waals surface area contributed by atoms with Gasteiger partial charge in [-0.3, -0.25) is 35.1 Å². The first-order chi connectivity index (χ1) is 15.2. The summed E-state index contributed by atoms with van der Waals surface area (Å²) in [6.45, 7) is 1.48. The van der Waals surface area contributed by atoms with Crippen molar-refractivity contribution in [1.82, 2.24) is 10.2 Å². The van der Waals surface area contributed by atoms with Crippen LogP contribution in [0.4, 0.5) is 17.1 Å². The lowest BCUT2D eigenvalue weighted by Gasteiger charge is -2.26. The molecule has 2 aromatic rings. The van der Waals surface area contributed by atoms with Gasteiger partial charge in [-0.2, -0.15) is 0 Å². The highest BCUT2D eigenvalue weighted by Crippen LogP contribution is 2.23. The topological polar surface area (TPSA) is 148 Å². The Morgan fingerprint density at radius 3 is 1.97 bits per heavy atom. The molecule has 0 atom stereocenters. The monoisotopic (exact) mass is 457 g/mol. The zero-order valence-corrected chi connectivity index (χ0v) is 17.6. The third kappa shape index (κ3) is 5.60. The van der Waals surface area contributed by atoms with Gasteiger partial charge in [-0.15, -0.1) is 0 Å². The van der Waals surface area contributed by atoms with Crippen molar-refractivity contribution < 1.29 is 19.4 Å². The molecule has 2 aromatic carbocycles. The molecule has 0 radical (unpaired) electrons. The van der Waals surface area contributed by atoms with Gasteiger partial charge in [0.1, 0.15) is 0 Å². The zero-order chi connectivity index (χ0) is 23.3. The van der Waals surface area contributed by atoms with E-state index in [0.29, 0.717) is 11.3 Å². The number of hydrogen-bond acceptors (Lipinski definition) is 7. The second-order valence-electron chi connectivity index (χ2n) is 7.09. The summed E-state index contributed by atoms with van der Waals surface area (Å²) in [5.41, 5.74) is -0.404. The van der Waals surface area contributed by atoms with E-state index in [9.17, 15) is 29.8 Å². The number of carbonyl (C=O) groups excluding carboxylic acids is 2. The van der Waals surface area contributed by atoms with Crippen LogP contribution in [-0.2, 0) is 0 Å². The number of rotatable bonds is 5. The van der Waals surface area contributed by atoms with Crippen molar-refractivity contribution in [3.8, 4) is 0 Å². The maximum absolute atomic E-state index is 12.5. The van der Waals surface area contributed by atoms with Crippen molar-refractivity contribution in [1.29, 1.82) is 0 Å². The second kappa shape index (κ2) is 9.92. The van der Waals surface area contributed by atoms with E-state index in [2.05, 4.69) is 10.6 Å². The predicted molar refractivity (Wildman–Crippen MR) is 120 cm³/mol. The van der Waals surface area contributed by atoms with Crippen LogP contribution in [0.3, 0.4) is 0 Å². The van der Waals surface area contributed by atoms with Gasteiger partial charge in [0, 0.05) is 36.5 Å². The Kier molecular flexibility index (Phi) is 7.05. The summed E-state index contributed by atoms with van der Waals surface area (Å²) >= 11 is 5.08. The molecule has 0 aliphatic carbocycles. The molecule has 0 unspecified atom stereocenters. The molecule has 1 aliphatic heterocycles. The second-order valence-corrected chi connectivity index (χ2v) is 7.50. The van der Waals surface area contributed by atoms with Crippen LogP contribution in [0.1, 0.15) is 40.0 Å². The average molecular weight is 457 g/mol. The van der Waals surface area contributed by atoms with E-state index in [1.165, 1.54) is 0 Å². The van der Waals surface area contributed by atoms with Crippen molar-refractivity contribution in [2.24, 2.45) is 0 Å². The first-order valence-electron chi connectivity index (χ1n) is 9.70. The lowest BCUT2D eigenvalue weighted by atomic mass is 10.1. The zero-order valence-electron chi connectivity index (χ0n) is 16.8. The van der Waals surface area contributed by atoms with Crippen LogP contribution in [-0.4, -0.2) is 44.8 Å². The number of carbonyl (C=O) groups is 2. The van der Waals surface area contributed by atoms with Gasteiger partial charge in [0.25, 0.3) is 23.2 Å². The number of amides is 2. The van der Waals surface area contributed by atoms with E-state index >= 15 is 0 Å². The minimum atomic E-state index is -0.841. The Morgan fingerprint density at radius 2 is 1.44 bits per heavy atom. The molecule has 166 valence electrons. The van der Waals surface area contributed by atoms with Gasteiger partial charge in [-0.25, -0.2) is 0 Å². The summed E-state index contributed by atoms with van der Waals surface area (Å²) in [5.74, 6) is -0.884. The number of non-ortho nitro benzene ring substituents is 2. The minimum absolute atomic E-state index is 0.0422. The normalized spacial score (nSPS) is 13.2. The van der Waals surface area contributed by atoms with Crippen LogP contribution in [0, 0.1) is 20.2 Å². The molecule has 2 N–H and O–H groups in total. The Balaban J connectivity index is 1.64. The summed E-state index contributed by atoms with van der Waals surface area (Å²) in [5, 5.41) is 26.9. The number of nitro groups is 2. The smallest absolute Gasteiger partial charge is 0.277 e. The Labute approximate surface area is 187 Å². The van der Waals surface area contributed by atoms with Crippen LogP contribution in [0.15, 0.2) is 42.5 Å². The maximum Gasteiger partial charge on any atom is 0.277 e. The number of nitro benzene ring substituents is 2. The number of anilines is 1. The molecule has 0 aromatic heterocycles. The minimum Gasteiger partial charge on any atom is -0.339 e. The standard InChI is InChI=1S/C20H19N5O6S/c26-18(14-10-16(24(28)29)12-17(11-14)25(30)31)22-20(32)21-15-6-4-13(5-7-15)19(27)23-8-2-1-3-9-23/h4-7,10-12H,1-3,8-9H2,(H2,21,22,26,32). The van der Waals surface area contributed by atoms with Gasteiger partial charge in [0.2, 0.25) is 0 Å². The molecule has 12 heteroatoms. The number of hydrogen-bond donors (Lipinski definition) is 2. The summed E-state index contributed by atoms with van der Waals surface area (Å²) in [4.78, 5) is 47.0.